The van der Waals surface area contributed by atoms with Gasteiger partial charge in [0, 0.05) is 44.8 Å². The number of hydrogen-bond donors (Lipinski definition) is 1. The van der Waals surface area contributed by atoms with Crippen LogP contribution in [0.3, 0.4) is 0 Å². The SMILES string of the molecule is CCOC(=O)N1CCN(S(=O)(=O)c2ccc(N3CC(C(=O)O)CC3=O)cc2)CC1. The average Bonchev–Trinajstić information content (AvgIpc) is 3.10. The zero-order valence-corrected chi connectivity index (χ0v) is 16.8. The normalized spacial score (nSPS) is 20.7. The molecule has 10 nitrogen and oxygen atoms in total. The Bertz CT molecular complexity index is 893. The van der Waals surface area contributed by atoms with E-state index in [1.165, 1.54) is 38.4 Å². The molecule has 0 bridgehead atoms. The standard InChI is InChI=1S/C18H23N3O7S/c1-2-28-18(25)19-7-9-20(10-8-19)29(26,27)15-5-3-14(4-6-15)21-12-13(17(23)24)11-16(21)22/h3-6,13H,2,7-12H2,1H3,(H,23,24). The van der Waals surface area contributed by atoms with E-state index in [1.54, 1.807) is 6.92 Å². The summed E-state index contributed by atoms with van der Waals surface area (Å²) in [6, 6.07) is 5.82. The Morgan fingerprint density at radius 3 is 2.28 bits per heavy atom. The molecule has 0 radical (unpaired) electrons. The van der Waals surface area contributed by atoms with Gasteiger partial charge in [-0.3, -0.25) is 9.59 Å². The van der Waals surface area contributed by atoms with E-state index < -0.39 is 28.0 Å². The minimum atomic E-state index is -3.74. The predicted octanol–water partition coefficient (Wildman–Crippen LogP) is 0.587. The molecule has 0 spiro atoms. The quantitative estimate of drug-likeness (QED) is 0.732. The first-order valence-corrected chi connectivity index (χ1v) is 10.7. The van der Waals surface area contributed by atoms with Crippen LogP contribution in [0.1, 0.15) is 13.3 Å². The van der Waals surface area contributed by atoms with Crippen molar-refractivity contribution in [2.45, 2.75) is 18.2 Å². The Morgan fingerprint density at radius 1 is 1.14 bits per heavy atom. The predicted molar refractivity (Wildman–Crippen MR) is 102 cm³/mol. The zero-order valence-electron chi connectivity index (χ0n) is 16.0. The number of anilines is 1. The smallest absolute Gasteiger partial charge is 0.409 e. The Balaban J connectivity index is 1.67. The van der Waals surface area contributed by atoms with Crippen LogP contribution >= 0.6 is 0 Å². The van der Waals surface area contributed by atoms with Gasteiger partial charge in [0.15, 0.2) is 0 Å². The van der Waals surface area contributed by atoms with Crippen LogP contribution in [0.25, 0.3) is 0 Å². The highest BCUT2D eigenvalue weighted by atomic mass is 32.2. The number of sulfonamides is 1. The van der Waals surface area contributed by atoms with Crippen LogP contribution in [0, 0.1) is 5.92 Å². The number of carboxylic acids is 1. The number of carbonyl (C=O) groups is 3. The Morgan fingerprint density at radius 2 is 1.76 bits per heavy atom. The first kappa shape index (κ1) is 21.1. The summed E-state index contributed by atoms with van der Waals surface area (Å²) in [5.74, 6) is -2.09. The van der Waals surface area contributed by atoms with Crippen LogP contribution < -0.4 is 4.90 Å². The third-order valence-corrected chi connectivity index (χ3v) is 6.94. The molecular weight excluding hydrogens is 402 g/mol. The van der Waals surface area contributed by atoms with Crippen molar-refractivity contribution in [3.8, 4) is 0 Å². The lowest BCUT2D eigenvalue weighted by atomic mass is 10.1. The van der Waals surface area contributed by atoms with Crippen molar-refractivity contribution in [1.82, 2.24) is 9.21 Å². The molecule has 0 saturated carbocycles. The van der Waals surface area contributed by atoms with Crippen molar-refractivity contribution in [3.63, 3.8) is 0 Å². The molecule has 2 fully saturated rings. The van der Waals surface area contributed by atoms with Gasteiger partial charge in [0.25, 0.3) is 0 Å². The van der Waals surface area contributed by atoms with Gasteiger partial charge in [-0.2, -0.15) is 4.31 Å². The maximum atomic E-state index is 12.9. The minimum Gasteiger partial charge on any atom is -0.481 e. The molecule has 29 heavy (non-hydrogen) atoms. The number of hydrogen-bond acceptors (Lipinski definition) is 6. The summed E-state index contributed by atoms with van der Waals surface area (Å²) in [5.41, 5.74) is 0.463. The Kier molecular flexibility index (Phi) is 6.08. The van der Waals surface area contributed by atoms with Crippen molar-refractivity contribution < 1.29 is 32.6 Å². The molecule has 3 rings (SSSR count). The van der Waals surface area contributed by atoms with Crippen LogP contribution in [-0.4, -0.2) is 80.0 Å². The molecular formula is C18H23N3O7S. The van der Waals surface area contributed by atoms with E-state index in [0.717, 1.165) is 0 Å². The number of carboxylic acid groups (broad SMARTS) is 1. The van der Waals surface area contributed by atoms with Gasteiger partial charge in [0.2, 0.25) is 15.9 Å². The fourth-order valence-corrected chi connectivity index (χ4v) is 4.82. The summed E-state index contributed by atoms with van der Waals surface area (Å²) in [7, 11) is -3.74. The lowest BCUT2D eigenvalue weighted by molar-refractivity contribution is -0.141. The number of nitrogens with zero attached hydrogens (tertiary/aromatic N) is 3. The third kappa shape index (κ3) is 4.35. The lowest BCUT2D eigenvalue weighted by Gasteiger charge is -2.33. The molecule has 2 aliphatic heterocycles. The van der Waals surface area contributed by atoms with Gasteiger partial charge in [0.1, 0.15) is 0 Å². The van der Waals surface area contributed by atoms with Gasteiger partial charge in [-0.1, -0.05) is 0 Å². The van der Waals surface area contributed by atoms with Crippen molar-refractivity contribution >= 4 is 33.7 Å². The molecule has 158 valence electrons. The molecule has 0 aromatic heterocycles. The van der Waals surface area contributed by atoms with Crippen LogP contribution in [-0.2, 0) is 24.3 Å². The Hall–Kier alpha value is -2.66. The maximum Gasteiger partial charge on any atom is 0.409 e. The first-order chi connectivity index (χ1) is 13.7. The topological polar surface area (TPSA) is 125 Å². The van der Waals surface area contributed by atoms with E-state index in [4.69, 9.17) is 9.84 Å². The van der Waals surface area contributed by atoms with Gasteiger partial charge in [-0.05, 0) is 31.2 Å². The van der Waals surface area contributed by atoms with Crippen LogP contribution in [0.4, 0.5) is 10.5 Å². The molecule has 0 aliphatic carbocycles. The molecule has 2 amide bonds. The number of ether oxygens (including phenoxy) is 1. The highest BCUT2D eigenvalue weighted by Gasteiger charge is 2.35. The zero-order chi connectivity index (χ0) is 21.2. The van der Waals surface area contributed by atoms with Crippen molar-refractivity contribution in [2.24, 2.45) is 5.92 Å². The second-order valence-electron chi connectivity index (χ2n) is 6.83. The third-order valence-electron chi connectivity index (χ3n) is 5.03. The van der Waals surface area contributed by atoms with Crippen molar-refractivity contribution in [2.75, 3.05) is 44.2 Å². The number of aliphatic carboxylic acids is 1. The molecule has 2 aliphatic rings. The summed E-state index contributed by atoms with van der Waals surface area (Å²) in [4.78, 5) is 37.8. The van der Waals surface area contributed by atoms with E-state index in [2.05, 4.69) is 0 Å². The fraction of sp³-hybridized carbons (Fsp3) is 0.500. The molecule has 2 heterocycles. The Labute approximate surface area is 168 Å². The summed E-state index contributed by atoms with van der Waals surface area (Å²) >= 11 is 0. The van der Waals surface area contributed by atoms with Gasteiger partial charge >= 0.3 is 12.1 Å². The van der Waals surface area contributed by atoms with Crippen LogP contribution in [0.15, 0.2) is 29.2 Å². The van der Waals surface area contributed by atoms with E-state index >= 15 is 0 Å². The molecule has 11 heteroatoms. The minimum absolute atomic E-state index is 0.0656. The second kappa shape index (κ2) is 8.37. The molecule has 1 unspecified atom stereocenters. The number of carbonyl (C=O) groups excluding carboxylic acids is 2. The van der Waals surface area contributed by atoms with Crippen molar-refractivity contribution in [1.29, 1.82) is 0 Å². The maximum absolute atomic E-state index is 12.9. The van der Waals surface area contributed by atoms with E-state index in [0.29, 0.717) is 5.69 Å². The number of rotatable bonds is 5. The largest absolute Gasteiger partial charge is 0.481 e. The number of benzene rings is 1. The summed E-state index contributed by atoms with van der Waals surface area (Å²) in [6.07, 6.45) is -0.524. The lowest BCUT2D eigenvalue weighted by Crippen LogP contribution is -2.50. The van der Waals surface area contributed by atoms with Gasteiger partial charge in [-0.25, -0.2) is 13.2 Å². The summed E-state index contributed by atoms with van der Waals surface area (Å²) in [5, 5.41) is 9.08. The molecule has 1 atom stereocenters. The summed E-state index contributed by atoms with van der Waals surface area (Å²) < 4.78 is 32.0. The molecule has 1 aromatic carbocycles. The monoisotopic (exact) mass is 425 g/mol. The average molecular weight is 425 g/mol. The number of amides is 2. The highest BCUT2D eigenvalue weighted by molar-refractivity contribution is 7.89. The van der Waals surface area contributed by atoms with Crippen LogP contribution in [0.5, 0.6) is 0 Å². The van der Waals surface area contributed by atoms with Gasteiger partial charge in [-0.15, -0.1) is 0 Å². The van der Waals surface area contributed by atoms with Gasteiger partial charge in [0.05, 0.1) is 17.4 Å². The first-order valence-electron chi connectivity index (χ1n) is 9.29. The molecule has 2 saturated heterocycles. The molecule has 1 aromatic rings. The van der Waals surface area contributed by atoms with E-state index in [-0.39, 0.29) is 56.6 Å². The van der Waals surface area contributed by atoms with E-state index in [1.807, 2.05) is 0 Å². The van der Waals surface area contributed by atoms with Gasteiger partial charge < -0.3 is 19.6 Å². The van der Waals surface area contributed by atoms with Crippen LogP contribution in [0.2, 0.25) is 0 Å². The molecule has 1 N–H and O–H groups in total. The number of piperazine rings is 1. The fourth-order valence-electron chi connectivity index (χ4n) is 3.40. The summed E-state index contributed by atoms with van der Waals surface area (Å²) in [6.45, 7) is 2.85. The van der Waals surface area contributed by atoms with E-state index in [9.17, 15) is 22.8 Å². The van der Waals surface area contributed by atoms with Crippen molar-refractivity contribution in [3.05, 3.63) is 24.3 Å². The highest BCUT2D eigenvalue weighted by Crippen LogP contribution is 2.27. The second-order valence-corrected chi connectivity index (χ2v) is 8.77.